The van der Waals surface area contributed by atoms with Gasteiger partial charge in [-0.2, -0.15) is 0 Å². The van der Waals surface area contributed by atoms with E-state index in [0.29, 0.717) is 11.5 Å². The van der Waals surface area contributed by atoms with Gasteiger partial charge < -0.3 is 15.5 Å². The largest absolute Gasteiger partial charge is 0.508 e. The highest BCUT2D eigenvalue weighted by Crippen LogP contribution is 2.25. The van der Waals surface area contributed by atoms with E-state index in [2.05, 4.69) is 12.2 Å². The Hall–Kier alpha value is -1.71. The Kier molecular flexibility index (Phi) is 3.22. The summed E-state index contributed by atoms with van der Waals surface area (Å²) in [5.41, 5.74) is 0.294. The summed E-state index contributed by atoms with van der Waals surface area (Å²) >= 11 is 0. The molecule has 92 valence electrons. The second kappa shape index (κ2) is 4.65. The zero-order valence-corrected chi connectivity index (χ0v) is 9.81. The molecule has 0 radical (unpaired) electrons. The first-order chi connectivity index (χ1) is 8.04. The summed E-state index contributed by atoms with van der Waals surface area (Å²) in [5, 5.41) is 21.5. The Bertz CT molecular complexity index is 410. The zero-order valence-electron chi connectivity index (χ0n) is 9.81. The molecule has 1 aliphatic rings. The van der Waals surface area contributed by atoms with Gasteiger partial charge in [-0.15, -0.1) is 0 Å². The molecule has 4 nitrogen and oxygen atoms in total. The van der Waals surface area contributed by atoms with Gasteiger partial charge >= 0.3 is 0 Å². The van der Waals surface area contributed by atoms with Crippen molar-refractivity contribution in [3.8, 4) is 11.5 Å². The molecule has 1 aliphatic carbocycles. The lowest BCUT2D eigenvalue weighted by atomic mass is 10.1. The van der Waals surface area contributed by atoms with Crippen LogP contribution < -0.4 is 5.32 Å². The fraction of sp³-hybridized carbons (Fsp3) is 0.462. The van der Waals surface area contributed by atoms with Gasteiger partial charge in [-0.1, -0.05) is 6.92 Å². The van der Waals surface area contributed by atoms with Gasteiger partial charge in [0.15, 0.2) is 0 Å². The highest BCUT2D eigenvalue weighted by Gasteiger charge is 2.23. The maximum Gasteiger partial charge on any atom is 0.251 e. The minimum Gasteiger partial charge on any atom is -0.508 e. The minimum atomic E-state index is -0.240. The molecule has 0 aromatic heterocycles. The molecule has 1 saturated carbocycles. The molecule has 2 unspecified atom stereocenters. The Labute approximate surface area is 100 Å². The molecule has 1 aromatic carbocycles. The van der Waals surface area contributed by atoms with Crippen molar-refractivity contribution in [1.29, 1.82) is 0 Å². The van der Waals surface area contributed by atoms with Crippen molar-refractivity contribution in [1.82, 2.24) is 5.32 Å². The zero-order chi connectivity index (χ0) is 12.4. The molecule has 3 N–H and O–H groups in total. The van der Waals surface area contributed by atoms with Crippen molar-refractivity contribution >= 4 is 5.91 Å². The number of aromatic hydroxyl groups is 2. The van der Waals surface area contributed by atoms with E-state index < -0.39 is 0 Å². The Balaban J connectivity index is 2.04. The van der Waals surface area contributed by atoms with Crippen molar-refractivity contribution in [3.05, 3.63) is 23.8 Å². The van der Waals surface area contributed by atoms with E-state index in [4.69, 9.17) is 0 Å². The number of phenols is 2. The summed E-state index contributed by atoms with van der Waals surface area (Å²) in [7, 11) is 0. The van der Waals surface area contributed by atoms with Crippen molar-refractivity contribution < 1.29 is 15.0 Å². The molecule has 0 saturated heterocycles. The number of benzene rings is 1. The Morgan fingerprint density at radius 3 is 2.41 bits per heavy atom. The number of carbonyl (C=O) groups is 1. The van der Waals surface area contributed by atoms with Crippen LogP contribution in [0.2, 0.25) is 0 Å². The smallest absolute Gasteiger partial charge is 0.251 e. The summed E-state index contributed by atoms with van der Waals surface area (Å²) in [4.78, 5) is 11.9. The molecular weight excluding hydrogens is 218 g/mol. The fourth-order valence-electron chi connectivity index (χ4n) is 2.33. The lowest BCUT2D eigenvalue weighted by Gasteiger charge is -2.12. The van der Waals surface area contributed by atoms with Crippen LogP contribution >= 0.6 is 0 Å². The molecule has 1 fully saturated rings. The minimum absolute atomic E-state index is 0.102. The van der Waals surface area contributed by atoms with Crippen LogP contribution in [0.5, 0.6) is 11.5 Å². The average Bonchev–Trinajstić information content (AvgIpc) is 2.62. The lowest BCUT2D eigenvalue weighted by molar-refractivity contribution is 0.0936. The number of hydrogen-bond donors (Lipinski definition) is 3. The number of carbonyl (C=O) groups excluding carboxylic acids is 1. The van der Waals surface area contributed by atoms with Gasteiger partial charge in [0.25, 0.3) is 5.91 Å². The molecule has 4 heteroatoms. The Morgan fingerprint density at radius 2 is 1.88 bits per heavy atom. The molecule has 2 atom stereocenters. The summed E-state index contributed by atoms with van der Waals surface area (Å²) in [6, 6.07) is 4.12. The number of phenolic OH excluding ortho intramolecular Hbond substituents is 2. The standard InChI is InChI=1S/C13H17NO3/c1-8-2-3-10(4-8)14-13(17)9-5-11(15)7-12(16)6-9/h5-8,10,15-16H,2-4H2,1H3,(H,14,17). The highest BCUT2D eigenvalue weighted by molar-refractivity contribution is 5.95. The van der Waals surface area contributed by atoms with E-state index in [9.17, 15) is 15.0 Å². The second-order valence-electron chi connectivity index (χ2n) is 4.83. The van der Waals surface area contributed by atoms with Crippen molar-refractivity contribution in [3.63, 3.8) is 0 Å². The molecule has 1 aromatic rings. The van der Waals surface area contributed by atoms with E-state index >= 15 is 0 Å². The first-order valence-electron chi connectivity index (χ1n) is 5.88. The number of rotatable bonds is 2. The van der Waals surface area contributed by atoms with E-state index in [0.717, 1.165) is 19.3 Å². The van der Waals surface area contributed by atoms with Crippen LogP contribution in [0.4, 0.5) is 0 Å². The van der Waals surface area contributed by atoms with Crippen LogP contribution in [0.15, 0.2) is 18.2 Å². The molecule has 17 heavy (non-hydrogen) atoms. The summed E-state index contributed by atoms with van der Waals surface area (Å²) < 4.78 is 0. The van der Waals surface area contributed by atoms with Crippen LogP contribution in [0, 0.1) is 5.92 Å². The van der Waals surface area contributed by atoms with Crippen LogP contribution in [-0.2, 0) is 0 Å². The Morgan fingerprint density at radius 1 is 1.24 bits per heavy atom. The first-order valence-corrected chi connectivity index (χ1v) is 5.88. The molecule has 0 bridgehead atoms. The van der Waals surface area contributed by atoms with Gasteiger partial charge in [-0.25, -0.2) is 0 Å². The summed E-state index contributed by atoms with van der Waals surface area (Å²) in [5.74, 6) is 0.207. The van der Waals surface area contributed by atoms with Crippen molar-refractivity contribution in [2.75, 3.05) is 0 Å². The van der Waals surface area contributed by atoms with E-state index in [-0.39, 0.29) is 23.4 Å². The van der Waals surface area contributed by atoms with Crippen LogP contribution in [-0.4, -0.2) is 22.2 Å². The molecule has 2 rings (SSSR count). The topological polar surface area (TPSA) is 69.6 Å². The van der Waals surface area contributed by atoms with Crippen molar-refractivity contribution in [2.24, 2.45) is 5.92 Å². The van der Waals surface area contributed by atoms with Gasteiger partial charge in [0.1, 0.15) is 11.5 Å². The predicted molar refractivity (Wildman–Crippen MR) is 64.0 cm³/mol. The number of hydrogen-bond acceptors (Lipinski definition) is 3. The van der Waals surface area contributed by atoms with E-state index in [1.54, 1.807) is 0 Å². The molecule has 0 spiro atoms. The number of nitrogens with one attached hydrogen (secondary N) is 1. The average molecular weight is 235 g/mol. The van der Waals surface area contributed by atoms with Gasteiger partial charge in [-0.3, -0.25) is 4.79 Å². The molecular formula is C13H17NO3. The maximum atomic E-state index is 11.9. The normalized spacial score (nSPS) is 23.6. The summed E-state index contributed by atoms with van der Waals surface area (Å²) in [6.07, 6.45) is 3.13. The van der Waals surface area contributed by atoms with Crippen LogP contribution in [0.25, 0.3) is 0 Å². The van der Waals surface area contributed by atoms with Gasteiger partial charge in [0.05, 0.1) is 0 Å². The molecule has 0 aliphatic heterocycles. The van der Waals surface area contributed by atoms with Crippen LogP contribution in [0.1, 0.15) is 36.5 Å². The SMILES string of the molecule is CC1CCC(NC(=O)c2cc(O)cc(O)c2)C1. The van der Waals surface area contributed by atoms with Crippen molar-refractivity contribution in [2.45, 2.75) is 32.2 Å². The molecule has 0 heterocycles. The van der Waals surface area contributed by atoms with Crippen LogP contribution in [0.3, 0.4) is 0 Å². The predicted octanol–water partition coefficient (Wildman–Crippen LogP) is 2.02. The third-order valence-electron chi connectivity index (χ3n) is 3.19. The lowest BCUT2D eigenvalue weighted by Crippen LogP contribution is -2.32. The third kappa shape index (κ3) is 2.90. The number of amides is 1. The third-order valence-corrected chi connectivity index (χ3v) is 3.19. The first kappa shape index (κ1) is 11.8. The van der Waals surface area contributed by atoms with Gasteiger partial charge in [-0.05, 0) is 37.3 Å². The van der Waals surface area contributed by atoms with E-state index in [1.165, 1.54) is 18.2 Å². The highest BCUT2D eigenvalue weighted by atomic mass is 16.3. The maximum absolute atomic E-state index is 11.9. The van der Waals surface area contributed by atoms with Gasteiger partial charge in [0, 0.05) is 17.7 Å². The van der Waals surface area contributed by atoms with E-state index in [1.807, 2.05) is 0 Å². The fourth-order valence-corrected chi connectivity index (χ4v) is 2.33. The van der Waals surface area contributed by atoms with Gasteiger partial charge in [0.2, 0.25) is 0 Å². The summed E-state index contributed by atoms with van der Waals surface area (Å²) in [6.45, 7) is 2.17. The quantitative estimate of drug-likeness (QED) is 0.734. The second-order valence-corrected chi connectivity index (χ2v) is 4.83. The molecule has 1 amide bonds. The monoisotopic (exact) mass is 235 g/mol.